The molecule has 0 saturated carbocycles. The fourth-order valence-corrected chi connectivity index (χ4v) is 1.93. The molecule has 1 aromatic carbocycles. The van der Waals surface area contributed by atoms with E-state index in [1.807, 2.05) is 39.0 Å². The van der Waals surface area contributed by atoms with Gasteiger partial charge in [-0.15, -0.1) is 0 Å². The van der Waals surface area contributed by atoms with Crippen molar-refractivity contribution in [3.05, 3.63) is 34.3 Å². The minimum absolute atomic E-state index is 0.0295. The Morgan fingerprint density at radius 2 is 2.06 bits per heavy atom. The summed E-state index contributed by atoms with van der Waals surface area (Å²) in [6, 6.07) is 8.42. The molecule has 0 heterocycles. The van der Waals surface area contributed by atoms with Crippen LogP contribution in [0.1, 0.15) is 32.4 Å². The standard InChI is InChI=1S/C13H19BrN2O/c1-9(2)16-13(17)8-15-10(3)11-5-4-6-12(14)7-11/h4-7,9-10,15H,8H2,1-3H3,(H,16,17)/t10-/m0/s1. The van der Waals surface area contributed by atoms with E-state index >= 15 is 0 Å². The predicted molar refractivity (Wildman–Crippen MR) is 73.8 cm³/mol. The highest BCUT2D eigenvalue weighted by Gasteiger charge is 2.08. The van der Waals surface area contributed by atoms with Crippen molar-refractivity contribution in [2.24, 2.45) is 0 Å². The number of carbonyl (C=O) groups is 1. The molecule has 3 nitrogen and oxygen atoms in total. The molecule has 0 aliphatic carbocycles. The first kappa shape index (κ1) is 14.2. The summed E-state index contributed by atoms with van der Waals surface area (Å²) in [6.45, 7) is 6.29. The topological polar surface area (TPSA) is 41.1 Å². The molecule has 94 valence electrons. The van der Waals surface area contributed by atoms with E-state index in [0.29, 0.717) is 6.54 Å². The van der Waals surface area contributed by atoms with E-state index < -0.39 is 0 Å². The van der Waals surface area contributed by atoms with Gasteiger partial charge in [-0.05, 0) is 38.5 Å². The molecule has 0 aliphatic heterocycles. The van der Waals surface area contributed by atoms with Gasteiger partial charge in [-0.2, -0.15) is 0 Å². The summed E-state index contributed by atoms with van der Waals surface area (Å²) in [4.78, 5) is 11.5. The van der Waals surface area contributed by atoms with Crippen LogP contribution in [0.3, 0.4) is 0 Å². The molecule has 0 fully saturated rings. The van der Waals surface area contributed by atoms with Gasteiger partial charge in [0.05, 0.1) is 6.54 Å². The second-order valence-corrected chi connectivity index (χ2v) is 5.30. The molecule has 0 spiro atoms. The lowest BCUT2D eigenvalue weighted by atomic mass is 10.1. The molecule has 0 bridgehead atoms. The summed E-state index contributed by atoms with van der Waals surface area (Å²) >= 11 is 3.44. The van der Waals surface area contributed by atoms with Crippen LogP contribution in [-0.4, -0.2) is 18.5 Å². The van der Waals surface area contributed by atoms with E-state index in [9.17, 15) is 4.79 Å². The van der Waals surface area contributed by atoms with Gasteiger partial charge >= 0.3 is 0 Å². The van der Waals surface area contributed by atoms with Gasteiger partial charge in [0.1, 0.15) is 0 Å². The molecule has 1 atom stereocenters. The zero-order valence-corrected chi connectivity index (χ0v) is 12.0. The van der Waals surface area contributed by atoms with Crippen LogP contribution in [-0.2, 0) is 4.79 Å². The van der Waals surface area contributed by atoms with Gasteiger partial charge in [-0.25, -0.2) is 0 Å². The number of rotatable bonds is 5. The molecular formula is C13H19BrN2O. The lowest BCUT2D eigenvalue weighted by Gasteiger charge is -2.15. The number of hydrogen-bond acceptors (Lipinski definition) is 2. The minimum atomic E-state index is 0.0295. The number of benzene rings is 1. The summed E-state index contributed by atoms with van der Waals surface area (Å²) in [5.41, 5.74) is 1.16. The zero-order valence-electron chi connectivity index (χ0n) is 10.5. The van der Waals surface area contributed by atoms with Crippen molar-refractivity contribution in [1.29, 1.82) is 0 Å². The molecule has 0 radical (unpaired) electrons. The fourth-order valence-electron chi connectivity index (χ4n) is 1.51. The normalized spacial score (nSPS) is 12.5. The van der Waals surface area contributed by atoms with Crippen molar-refractivity contribution in [2.45, 2.75) is 32.9 Å². The third kappa shape index (κ3) is 5.33. The van der Waals surface area contributed by atoms with E-state index in [0.717, 1.165) is 10.0 Å². The first-order valence-electron chi connectivity index (χ1n) is 5.77. The van der Waals surface area contributed by atoms with Crippen molar-refractivity contribution >= 4 is 21.8 Å². The molecular weight excluding hydrogens is 280 g/mol. The Bertz CT molecular complexity index is 379. The second kappa shape index (κ2) is 6.77. The molecule has 0 aliphatic rings. The van der Waals surface area contributed by atoms with Crippen LogP contribution >= 0.6 is 15.9 Å². The molecule has 2 N–H and O–H groups in total. The smallest absolute Gasteiger partial charge is 0.234 e. The highest BCUT2D eigenvalue weighted by Crippen LogP contribution is 2.17. The van der Waals surface area contributed by atoms with Gasteiger partial charge in [0, 0.05) is 16.6 Å². The Labute approximate surface area is 111 Å². The van der Waals surface area contributed by atoms with Gasteiger partial charge in [-0.1, -0.05) is 28.1 Å². The molecule has 4 heteroatoms. The summed E-state index contributed by atoms with van der Waals surface area (Å²) < 4.78 is 1.05. The minimum Gasteiger partial charge on any atom is -0.353 e. The first-order chi connectivity index (χ1) is 7.99. The average molecular weight is 299 g/mol. The van der Waals surface area contributed by atoms with Crippen LogP contribution in [0.5, 0.6) is 0 Å². The third-order valence-electron chi connectivity index (χ3n) is 2.37. The van der Waals surface area contributed by atoms with E-state index in [4.69, 9.17) is 0 Å². The van der Waals surface area contributed by atoms with Crippen LogP contribution in [0, 0.1) is 0 Å². The molecule has 0 aromatic heterocycles. The molecule has 0 saturated heterocycles. The monoisotopic (exact) mass is 298 g/mol. The predicted octanol–water partition coefficient (Wildman–Crippen LogP) is 2.62. The summed E-state index contributed by atoms with van der Waals surface area (Å²) in [6.07, 6.45) is 0. The Hall–Kier alpha value is -0.870. The quantitative estimate of drug-likeness (QED) is 0.877. The Morgan fingerprint density at radius 1 is 1.35 bits per heavy atom. The van der Waals surface area contributed by atoms with Gasteiger partial charge in [0.2, 0.25) is 5.91 Å². The lowest BCUT2D eigenvalue weighted by Crippen LogP contribution is -2.38. The van der Waals surface area contributed by atoms with E-state index in [2.05, 4.69) is 32.6 Å². The average Bonchev–Trinajstić information content (AvgIpc) is 2.25. The Kier molecular flexibility index (Phi) is 5.65. The van der Waals surface area contributed by atoms with Crippen LogP contribution in [0.25, 0.3) is 0 Å². The number of amides is 1. The number of nitrogens with one attached hydrogen (secondary N) is 2. The fraction of sp³-hybridized carbons (Fsp3) is 0.462. The summed E-state index contributed by atoms with van der Waals surface area (Å²) in [5.74, 6) is 0.0295. The van der Waals surface area contributed by atoms with Crippen LogP contribution < -0.4 is 10.6 Å². The van der Waals surface area contributed by atoms with Crippen LogP contribution in [0.15, 0.2) is 28.7 Å². The highest BCUT2D eigenvalue weighted by molar-refractivity contribution is 9.10. The van der Waals surface area contributed by atoms with E-state index in [1.54, 1.807) is 0 Å². The molecule has 1 rings (SSSR count). The molecule has 1 aromatic rings. The van der Waals surface area contributed by atoms with Crippen LogP contribution in [0.2, 0.25) is 0 Å². The number of carbonyl (C=O) groups excluding carboxylic acids is 1. The van der Waals surface area contributed by atoms with Crippen molar-refractivity contribution in [3.63, 3.8) is 0 Å². The van der Waals surface area contributed by atoms with Gasteiger partial charge in [0.25, 0.3) is 0 Å². The number of halogens is 1. The Morgan fingerprint density at radius 3 is 2.65 bits per heavy atom. The second-order valence-electron chi connectivity index (χ2n) is 4.38. The highest BCUT2D eigenvalue weighted by atomic mass is 79.9. The van der Waals surface area contributed by atoms with Crippen molar-refractivity contribution < 1.29 is 4.79 Å². The SMILES string of the molecule is CC(C)NC(=O)CN[C@@H](C)c1cccc(Br)c1. The van der Waals surface area contributed by atoms with E-state index in [-0.39, 0.29) is 18.0 Å². The zero-order chi connectivity index (χ0) is 12.8. The van der Waals surface area contributed by atoms with Gasteiger partial charge in [0.15, 0.2) is 0 Å². The molecule has 17 heavy (non-hydrogen) atoms. The third-order valence-corrected chi connectivity index (χ3v) is 2.86. The maximum Gasteiger partial charge on any atom is 0.234 e. The lowest BCUT2D eigenvalue weighted by molar-refractivity contribution is -0.120. The van der Waals surface area contributed by atoms with Crippen molar-refractivity contribution in [1.82, 2.24) is 10.6 Å². The first-order valence-corrected chi connectivity index (χ1v) is 6.56. The summed E-state index contributed by atoms with van der Waals surface area (Å²) in [7, 11) is 0. The van der Waals surface area contributed by atoms with Crippen molar-refractivity contribution in [3.8, 4) is 0 Å². The molecule has 1 amide bonds. The van der Waals surface area contributed by atoms with E-state index in [1.165, 1.54) is 0 Å². The van der Waals surface area contributed by atoms with Crippen LogP contribution in [0.4, 0.5) is 0 Å². The maximum absolute atomic E-state index is 11.5. The van der Waals surface area contributed by atoms with Gasteiger partial charge < -0.3 is 10.6 Å². The largest absolute Gasteiger partial charge is 0.353 e. The Balaban J connectivity index is 2.44. The summed E-state index contributed by atoms with van der Waals surface area (Å²) in [5, 5.41) is 6.05. The molecule has 0 unspecified atom stereocenters. The number of hydrogen-bond donors (Lipinski definition) is 2. The van der Waals surface area contributed by atoms with Gasteiger partial charge in [-0.3, -0.25) is 4.79 Å². The van der Waals surface area contributed by atoms with Crippen molar-refractivity contribution in [2.75, 3.05) is 6.54 Å². The maximum atomic E-state index is 11.5.